The number of ketones is 1. The van der Waals surface area contributed by atoms with Crippen molar-refractivity contribution in [1.82, 2.24) is 0 Å². The molecule has 1 unspecified atom stereocenters. The number of benzene rings is 1. The minimum Gasteiger partial charge on any atom is -0.495 e. The molecule has 0 saturated heterocycles. The maximum Gasteiger partial charge on any atom is 0.349 e. The van der Waals surface area contributed by atoms with E-state index in [4.69, 9.17) is 21.1 Å². The summed E-state index contributed by atoms with van der Waals surface area (Å²) < 4.78 is 10.2. The number of thiophene rings is 1. The zero-order chi connectivity index (χ0) is 18.6. The molecular weight excluding hydrogens is 366 g/mol. The van der Waals surface area contributed by atoms with Crippen molar-refractivity contribution in [3.8, 4) is 5.75 Å². The quantitative estimate of drug-likeness (QED) is 0.608. The van der Waals surface area contributed by atoms with Crippen LogP contribution in [0.2, 0.25) is 5.02 Å². The van der Waals surface area contributed by atoms with E-state index >= 15 is 0 Å². The number of halogens is 1. The van der Waals surface area contributed by atoms with E-state index in [1.54, 1.807) is 18.2 Å². The molecule has 1 N–H and O–H groups in total. The van der Waals surface area contributed by atoms with Gasteiger partial charge in [0.05, 0.1) is 17.0 Å². The number of methoxy groups -OCH3 is 1. The number of esters is 1. The van der Waals surface area contributed by atoms with Gasteiger partial charge in [-0.3, -0.25) is 9.59 Å². The number of Topliss-reactive ketones (excluding diaryl/α,β-unsaturated/α-hetero) is 1. The highest BCUT2D eigenvalue weighted by Gasteiger charge is 2.21. The summed E-state index contributed by atoms with van der Waals surface area (Å²) in [6.45, 7) is 2.87. The second-order valence-corrected chi connectivity index (χ2v) is 6.60. The summed E-state index contributed by atoms with van der Waals surface area (Å²) in [5, 5.41) is 2.95. The Labute approximate surface area is 153 Å². The fraction of sp³-hybridized carbons (Fsp3) is 0.235. The number of carbonyl (C=O) groups excluding carboxylic acids is 3. The first-order valence-corrected chi connectivity index (χ1v) is 8.47. The molecule has 0 aliphatic heterocycles. The Balaban J connectivity index is 1.98. The molecule has 25 heavy (non-hydrogen) atoms. The number of rotatable bonds is 6. The molecule has 0 aliphatic rings. The number of hydrogen-bond acceptors (Lipinski definition) is 6. The summed E-state index contributed by atoms with van der Waals surface area (Å²) in [5.74, 6) is -0.810. The number of carbonyl (C=O) groups is 3. The molecule has 0 spiro atoms. The van der Waals surface area contributed by atoms with E-state index in [1.807, 2.05) is 0 Å². The first-order chi connectivity index (χ1) is 11.8. The number of ether oxygens (including phenoxy) is 2. The standard InChI is InChI=1S/C17H16ClNO5S/c1-9(20)14-6-7-15(25-14)17(22)24-10(2)16(21)19-11-4-5-13(23-3)12(18)8-11/h4-8,10H,1-3H3,(H,19,21). The highest BCUT2D eigenvalue weighted by Crippen LogP contribution is 2.27. The van der Waals surface area contributed by atoms with Gasteiger partial charge in [0, 0.05) is 5.69 Å². The van der Waals surface area contributed by atoms with Crippen LogP contribution in [-0.2, 0) is 9.53 Å². The van der Waals surface area contributed by atoms with Crippen molar-refractivity contribution < 1.29 is 23.9 Å². The molecule has 0 saturated carbocycles. The van der Waals surface area contributed by atoms with Gasteiger partial charge in [-0.1, -0.05) is 11.6 Å². The molecule has 132 valence electrons. The van der Waals surface area contributed by atoms with Crippen molar-refractivity contribution in [3.63, 3.8) is 0 Å². The summed E-state index contributed by atoms with van der Waals surface area (Å²) in [5.41, 5.74) is 0.452. The Bertz CT molecular complexity index is 817. The van der Waals surface area contributed by atoms with E-state index in [0.29, 0.717) is 21.3 Å². The summed E-state index contributed by atoms with van der Waals surface area (Å²) in [7, 11) is 1.49. The molecule has 1 atom stereocenters. The molecule has 0 aliphatic carbocycles. The summed E-state index contributed by atoms with van der Waals surface area (Å²) in [6, 6.07) is 7.82. The molecule has 1 heterocycles. The monoisotopic (exact) mass is 381 g/mol. The number of amides is 1. The van der Waals surface area contributed by atoms with Gasteiger partial charge in [-0.15, -0.1) is 11.3 Å². The molecule has 1 aromatic carbocycles. The fourth-order valence-corrected chi connectivity index (χ4v) is 2.94. The molecular formula is C17H16ClNO5S. The van der Waals surface area contributed by atoms with Gasteiger partial charge in [0.15, 0.2) is 11.9 Å². The van der Waals surface area contributed by atoms with Crippen molar-refractivity contribution in [3.05, 3.63) is 45.1 Å². The molecule has 2 rings (SSSR count). The van der Waals surface area contributed by atoms with Gasteiger partial charge < -0.3 is 14.8 Å². The summed E-state index contributed by atoms with van der Waals surface area (Å²) >= 11 is 7.02. The topological polar surface area (TPSA) is 81.7 Å². The lowest BCUT2D eigenvalue weighted by molar-refractivity contribution is -0.123. The van der Waals surface area contributed by atoms with Gasteiger partial charge in [0.2, 0.25) is 0 Å². The van der Waals surface area contributed by atoms with Crippen molar-refractivity contribution in [2.24, 2.45) is 0 Å². The lowest BCUT2D eigenvalue weighted by Gasteiger charge is -2.13. The SMILES string of the molecule is COc1ccc(NC(=O)C(C)OC(=O)c2ccc(C(C)=O)s2)cc1Cl. The van der Waals surface area contributed by atoms with Gasteiger partial charge in [0.25, 0.3) is 5.91 Å². The number of hydrogen-bond donors (Lipinski definition) is 1. The maximum absolute atomic E-state index is 12.1. The third kappa shape index (κ3) is 4.80. The lowest BCUT2D eigenvalue weighted by atomic mass is 10.2. The van der Waals surface area contributed by atoms with E-state index in [2.05, 4.69) is 5.32 Å². The van der Waals surface area contributed by atoms with Gasteiger partial charge in [0.1, 0.15) is 10.6 Å². The normalized spacial score (nSPS) is 11.5. The lowest BCUT2D eigenvalue weighted by Crippen LogP contribution is -2.29. The van der Waals surface area contributed by atoms with E-state index in [1.165, 1.54) is 33.1 Å². The van der Waals surface area contributed by atoms with Crippen LogP contribution in [0.4, 0.5) is 5.69 Å². The minimum atomic E-state index is -1.02. The molecule has 6 nitrogen and oxygen atoms in total. The summed E-state index contributed by atoms with van der Waals surface area (Å²) in [4.78, 5) is 36.2. The molecule has 1 amide bonds. The van der Waals surface area contributed by atoms with Gasteiger partial charge >= 0.3 is 5.97 Å². The summed E-state index contributed by atoms with van der Waals surface area (Å²) in [6.07, 6.45) is -1.02. The average molecular weight is 382 g/mol. The first-order valence-electron chi connectivity index (χ1n) is 7.28. The number of nitrogens with one attached hydrogen (secondary N) is 1. The van der Waals surface area contributed by atoms with E-state index in [0.717, 1.165) is 11.3 Å². The van der Waals surface area contributed by atoms with Crippen LogP contribution >= 0.6 is 22.9 Å². The highest BCUT2D eigenvalue weighted by molar-refractivity contribution is 7.15. The Hall–Kier alpha value is -2.38. The zero-order valence-corrected chi connectivity index (χ0v) is 15.4. The highest BCUT2D eigenvalue weighted by atomic mass is 35.5. The van der Waals surface area contributed by atoms with E-state index in [9.17, 15) is 14.4 Å². The van der Waals surface area contributed by atoms with E-state index in [-0.39, 0.29) is 10.7 Å². The van der Waals surface area contributed by atoms with Gasteiger partial charge in [-0.25, -0.2) is 4.79 Å². The third-order valence-corrected chi connectivity index (χ3v) is 4.69. The second kappa shape index (κ2) is 8.13. The second-order valence-electron chi connectivity index (χ2n) is 5.11. The van der Waals surface area contributed by atoms with Crippen LogP contribution in [0.5, 0.6) is 5.75 Å². The van der Waals surface area contributed by atoms with Gasteiger partial charge in [-0.2, -0.15) is 0 Å². The van der Waals surface area contributed by atoms with Crippen LogP contribution in [0.25, 0.3) is 0 Å². The molecule has 0 radical (unpaired) electrons. The van der Waals surface area contributed by atoms with Crippen molar-refractivity contribution in [2.45, 2.75) is 20.0 Å². The molecule has 8 heteroatoms. The first kappa shape index (κ1) is 19.0. The smallest absolute Gasteiger partial charge is 0.349 e. The number of anilines is 1. The van der Waals surface area contributed by atoms with Crippen LogP contribution in [0.1, 0.15) is 33.2 Å². The Morgan fingerprint density at radius 3 is 2.40 bits per heavy atom. The van der Waals surface area contributed by atoms with Crippen LogP contribution in [0, 0.1) is 0 Å². The van der Waals surface area contributed by atoms with Crippen molar-refractivity contribution >= 4 is 46.3 Å². The van der Waals surface area contributed by atoms with Crippen LogP contribution in [-0.4, -0.2) is 30.9 Å². The molecule has 1 aromatic heterocycles. The third-order valence-electron chi connectivity index (χ3n) is 3.23. The van der Waals surface area contributed by atoms with Gasteiger partial charge in [-0.05, 0) is 44.2 Å². The largest absolute Gasteiger partial charge is 0.495 e. The van der Waals surface area contributed by atoms with Crippen LogP contribution in [0.3, 0.4) is 0 Å². The molecule has 0 bridgehead atoms. The zero-order valence-electron chi connectivity index (χ0n) is 13.8. The van der Waals surface area contributed by atoms with Crippen molar-refractivity contribution in [2.75, 3.05) is 12.4 Å². The van der Waals surface area contributed by atoms with E-state index < -0.39 is 18.0 Å². The maximum atomic E-state index is 12.1. The minimum absolute atomic E-state index is 0.133. The Morgan fingerprint density at radius 1 is 1.16 bits per heavy atom. The fourth-order valence-electron chi connectivity index (χ4n) is 1.90. The average Bonchev–Trinajstić information content (AvgIpc) is 3.05. The van der Waals surface area contributed by atoms with Crippen LogP contribution < -0.4 is 10.1 Å². The predicted octanol–water partition coefficient (Wildman–Crippen LogP) is 3.80. The van der Waals surface area contributed by atoms with Crippen LogP contribution in [0.15, 0.2) is 30.3 Å². The van der Waals surface area contributed by atoms with Crippen molar-refractivity contribution in [1.29, 1.82) is 0 Å². The predicted molar refractivity (Wildman–Crippen MR) is 95.8 cm³/mol. The Kier molecular flexibility index (Phi) is 6.17. The Morgan fingerprint density at radius 2 is 1.84 bits per heavy atom. The molecule has 0 fully saturated rings. The molecule has 2 aromatic rings.